The summed E-state index contributed by atoms with van der Waals surface area (Å²) in [5.74, 6) is 0.700. The minimum Gasteiger partial charge on any atom is -0.487 e. The number of pyridine rings is 1. The minimum absolute atomic E-state index is 0.0346. The zero-order valence-electron chi connectivity index (χ0n) is 21.5. The number of para-hydroxylation sites is 1. The molecular formula is C28H27BrFN5O4S. The fourth-order valence-corrected chi connectivity index (χ4v) is 5.41. The minimum atomic E-state index is -3.07. The fourth-order valence-electron chi connectivity index (χ4n) is 4.42. The van der Waals surface area contributed by atoms with Crippen molar-refractivity contribution in [2.75, 3.05) is 23.9 Å². The first-order chi connectivity index (χ1) is 19.1. The van der Waals surface area contributed by atoms with Gasteiger partial charge < -0.3 is 19.8 Å². The third kappa shape index (κ3) is 6.09. The second-order valence-electron chi connectivity index (χ2n) is 9.40. The quantitative estimate of drug-likeness (QED) is 0.218. The lowest BCUT2D eigenvalue weighted by Crippen LogP contribution is -2.40. The van der Waals surface area contributed by atoms with Crippen LogP contribution in [0.3, 0.4) is 0 Å². The normalized spacial score (nSPS) is 16.4. The predicted octanol–water partition coefficient (Wildman–Crippen LogP) is 4.57. The molecule has 2 aromatic carbocycles. The van der Waals surface area contributed by atoms with Crippen molar-refractivity contribution in [2.45, 2.75) is 18.8 Å². The lowest BCUT2D eigenvalue weighted by atomic mass is 9.89. The van der Waals surface area contributed by atoms with Gasteiger partial charge in [-0.1, -0.05) is 24.3 Å². The van der Waals surface area contributed by atoms with Crippen LogP contribution in [0.5, 0.6) is 5.75 Å². The van der Waals surface area contributed by atoms with Crippen LogP contribution in [-0.4, -0.2) is 38.3 Å². The highest BCUT2D eigenvalue weighted by Gasteiger charge is 2.37. The van der Waals surface area contributed by atoms with E-state index in [9.17, 15) is 12.8 Å². The summed E-state index contributed by atoms with van der Waals surface area (Å²) in [5, 5.41) is 6.23. The van der Waals surface area contributed by atoms with Crippen LogP contribution < -0.4 is 21.1 Å². The SMILES string of the molecule is CS(=O)(=O)CCNCc1ccoc1-c1cc2c(cn1)NC=NC2(N)c1cccc(Br)c1OCc1cccc(F)c1. The van der Waals surface area contributed by atoms with E-state index < -0.39 is 15.5 Å². The first-order valence-corrected chi connectivity index (χ1v) is 15.2. The van der Waals surface area contributed by atoms with Crippen LogP contribution in [0.25, 0.3) is 11.5 Å². The molecule has 0 radical (unpaired) electrons. The topological polar surface area (TPSA) is 132 Å². The van der Waals surface area contributed by atoms with Crippen LogP contribution >= 0.6 is 15.9 Å². The Morgan fingerprint density at radius 3 is 2.80 bits per heavy atom. The highest BCUT2D eigenvalue weighted by molar-refractivity contribution is 9.10. The number of ether oxygens (including phenoxy) is 1. The van der Waals surface area contributed by atoms with Gasteiger partial charge in [0.05, 0.1) is 34.7 Å². The van der Waals surface area contributed by atoms with E-state index in [2.05, 4.69) is 36.5 Å². The van der Waals surface area contributed by atoms with Crippen molar-refractivity contribution in [1.29, 1.82) is 0 Å². The van der Waals surface area contributed by atoms with Crippen LogP contribution in [0.15, 0.2) is 80.9 Å². The van der Waals surface area contributed by atoms with E-state index in [0.717, 1.165) is 5.56 Å². The predicted molar refractivity (Wildman–Crippen MR) is 155 cm³/mol. The number of benzene rings is 2. The largest absolute Gasteiger partial charge is 0.487 e. The number of hydrogen-bond donors (Lipinski definition) is 3. The summed E-state index contributed by atoms with van der Waals surface area (Å²) in [6.07, 6.45) is 5.94. The molecule has 0 spiro atoms. The molecule has 1 aliphatic rings. The molecule has 5 rings (SSSR count). The van der Waals surface area contributed by atoms with E-state index in [1.165, 1.54) is 24.7 Å². The summed E-state index contributed by atoms with van der Waals surface area (Å²) in [6, 6.07) is 15.3. The van der Waals surface area contributed by atoms with E-state index in [4.69, 9.17) is 14.9 Å². The highest BCUT2D eigenvalue weighted by Crippen LogP contribution is 2.43. The van der Waals surface area contributed by atoms with E-state index in [-0.39, 0.29) is 18.2 Å². The molecule has 1 atom stereocenters. The molecular weight excluding hydrogens is 601 g/mol. The smallest absolute Gasteiger partial charge is 0.167 e. The van der Waals surface area contributed by atoms with E-state index in [1.54, 1.807) is 24.6 Å². The summed E-state index contributed by atoms with van der Waals surface area (Å²) in [6.45, 7) is 0.836. The summed E-state index contributed by atoms with van der Waals surface area (Å²) < 4.78 is 49.2. The third-order valence-corrected chi connectivity index (χ3v) is 7.97. The lowest BCUT2D eigenvalue weighted by molar-refractivity contribution is 0.294. The van der Waals surface area contributed by atoms with Gasteiger partial charge in [-0.05, 0) is 51.8 Å². The Bertz CT molecular complexity index is 1680. The van der Waals surface area contributed by atoms with Crippen LogP contribution in [0.2, 0.25) is 0 Å². The average molecular weight is 629 g/mol. The lowest BCUT2D eigenvalue weighted by Gasteiger charge is -2.33. The van der Waals surface area contributed by atoms with Gasteiger partial charge in [-0.15, -0.1) is 0 Å². The zero-order valence-corrected chi connectivity index (χ0v) is 23.9. The zero-order chi connectivity index (χ0) is 28.3. The Morgan fingerprint density at radius 1 is 1.18 bits per heavy atom. The van der Waals surface area contributed by atoms with Crippen molar-refractivity contribution >= 4 is 37.8 Å². The van der Waals surface area contributed by atoms with Crippen molar-refractivity contribution in [1.82, 2.24) is 10.3 Å². The summed E-state index contributed by atoms with van der Waals surface area (Å²) in [4.78, 5) is 9.20. The Labute approximate surface area is 239 Å². The molecule has 0 aliphatic carbocycles. The van der Waals surface area contributed by atoms with E-state index in [0.29, 0.717) is 57.1 Å². The van der Waals surface area contributed by atoms with Gasteiger partial charge >= 0.3 is 0 Å². The number of fused-ring (bicyclic) bond motifs is 1. The number of rotatable bonds is 10. The second-order valence-corrected chi connectivity index (χ2v) is 12.5. The standard InChI is InChI=1S/C28H27BrFN5O4S/c1-40(36,37)11-9-32-14-19-8-10-38-26(19)24-13-22-25(15-33-24)34-17-35-28(22,31)21-6-3-7-23(29)27(21)39-16-18-4-2-5-20(30)12-18/h2-8,10,12-13,15,17,32H,9,11,14,16,31H2,1H3,(H,34,35). The maximum Gasteiger partial charge on any atom is 0.167 e. The number of halogens is 2. The van der Waals surface area contributed by atoms with Crippen LogP contribution in [0.4, 0.5) is 10.1 Å². The molecule has 40 heavy (non-hydrogen) atoms. The number of furan rings is 1. The number of anilines is 1. The molecule has 0 bridgehead atoms. The van der Waals surface area contributed by atoms with Crippen molar-refractivity contribution < 1.29 is 22.0 Å². The second kappa shape index (κ2) is 11.5. The van der Waals surface area contributed by atoms with E-state index in [1.807, 2.05) is 30.3 Å². The maximum absolute atomic E-state index is 13.7. The van der Waals surface area contributed by atoms with Crippen LogP contribution in [0, 0.1) is 5.82 Å². The van der Waals surface area contributed by atoms with Crippen LogP contribution in [-0.2, 0) is 28.7 Å². The Kier molecular flexibility index (Phi) is 8.04. The van der Waals surface area contributed by atoms with Gasteiger partial charge in [0.25, 0.3) is 0 Å². The van der Waals surface area contributed by atoms with Crippen molar-refractivity contribution in [3.8, 4) is 17.2 Å². The van der Waals surface area contributed by atoms with Gasteiger partial charge in [0.1, 0.15) is 33.7 Å². The molecule has 1 aliphatic heterocycles. The summed E-state index contributed by atoms with van der Waals surface area (Å²) in [5.41, 5.74) is 9.60. The number of nitrogens with two attached hydrogens (primary N) is 1. The number of aromatic nitrogens is 1. The molecule has 4 N–H and O–H groups in total. The first-order valence-electron chi connectivity index (χ1n) is 12.3. The van der Waals surface area contributed by atoms with Crippen LogP contribution in [0.1, 0.15) is 22.3 Å². The molecule has 208 valence electrons. The Hall–Kier alpha value is -3.58. The molecule has 0 saturated carbocycles. The highest BCUT2D eigenvalue weighted by atomic mass is 79.9. The van der Waals surface area contributed by atoms with Gasteiger partial charge in [0.15, 0.2) is 11.4 Å². The molecule has 3 heterocycles. The van der Waals surface area contributed by atoms with Crippen molar-refractivity contribution in [3.05, 3.63) is 99.6 Å². The van der Waals surface area contributed by atoms with Gasteiger partial charge in [0.2, 0.25) is 0 Å². The number of nitrogens with one attached hydrogen (secondary N) is 2. The molecule has 0 amide bonds. The van der Waals surface area contributed by atoms with Gasteiger partial charge in [-0.3, -0.25) is 10.7 Å². The number of nitrogens with zero attached hydrogens (tertiary/aromatic N) is 2. The van der Waals surface area contributed by atoms with Crippen molar-refractivity contribution in [2.24, 2.45) is 10.7 Å². The maximum atomic E-state index is 13.7. The van der Waals surface area contributed by atoms with Gasteiger partial charge in [-0.2, -0.15) is 0 Å². The molecule has 4 aromatic rings. The van der Waals surface area contributed by atoms with Gasteiger partial charge in [0, 0.05) is 36.0 Å². The fraction of sp³-hybridized carbons (Fsp3) is 0.214. The number of hydrogen-bond acceptors (Lipinski definition) is 9. The molecule has 0 saturated heterocycles. The Balaban J connectivity index is 1.47. The van der Waals surface area contributed by atoms with Gasteiger partial charge in [-0.25, -0.2) is 17.8 Å². The summed E-state index contributed by atoms with van der Waals surface area (Å²) >= 11 is 3.57. The average Bonchev–Trinajstić information content (AvgIpc) is 3.38. The molecule has 2 aromatic heterocycles. The molecule has 0 fully saturated rings. The number of aliphatic imine (C=N–C) groups is 1. The monoisotopic (exact) mass is 627 g/mol. The molecule has 12 heteroatoms. The molecule has 9 nitrogen and oxygen atoms in total. The Morgan fingerprint density at radius 2 is 2.00 bits per heavy atom. The van der Waals surface area contributed by atoms with E-state index >= 15 is 0 Å². The summed E-state index contributed by atoms with van der Waals surface area (Å²) in [7, 11) is -3.07. The van der Waals surface area contributed by atoms with Crippen molar-refractivity contribution in [3.63, 3.8) is 0 Å². The molecule has 1 unspecified atom stereocenters. The third-order valence-electron chi connectivity index (χ3n) is 6.40. The first kappa shape index (κ1) is 28.0. The number of sulfone groups is 1.